The number of anilines is 1. The van der Waals surface area contributed by atoms with Crippen LogP contribution in [-0.2, 0) is 0 Å². The molecule has 2 aromatic carbocycles. The van der Waals surface area contributed by atoms with Crippen LogP contribution in [0.15, 0.2) is 48.5 Å². The molecule has 108 valence electrons. The highest BCUT2D eigenvalue weighted by Gasteiger charge is 2.18. The first kappa shape index (κ1) is 15.2. The van der Waals surface area contributed by atoms with Gasteiger partial charge in [0.2, 0.25) is 0 Å². The molecule has 1 N–H and O–H groups in total. The van der Waals surface area contributed by atoms with Crippen LogP contribution < -0.4 is 5.32 Å². The van der Waals surface area contributed by atoms with Crippen LogP contribution in [0, 0.1) is 3.57 Å². The summed E-state index contributed by atoms with van der Waals surface area (Å²) in [4.78, 5) is 12.2. The van der Waals surface area contributed by atoms with Crippen molar-refractivity contribution in [1.29, 1.82) is 0 Å². The van der Waals surface area contributed by atoms with Gasteiger partial charge in [-0.05, 0) is 64.6 Å². The molecule has 2 aromatic rings. The molecular weight excluding hydrogens is 413 g/mol. The fourth-order valence-corrected chi connectivity index (χ4v) is 5.32. The van der Waals surface area contributed by atoms with Gasteiger partial charge in [-0.3, -0.25) is 4.79 Å². The Morgan fingerprint density at radius 3 is 2.52 bits per heavy atom. The predicted molar refractivity (Wildman–Crippen MR) is 101 cm³/mol. The molecule has 2 nitrogen and oxygen atoms in total. The van der Waals surface area contributed by atoms with Gasteiger partial charge in [-0.25, -0.2) is 0 Å². The average molecular weight is 427 g/mol. The number of amides is 1. The number of carbonyl (C=O) groups excluding carboxylic acids is 1. The SMILES string of the molecule is O=C(Nc1cccc(C2SCCS2)c1)c1ccc(I)cc1. The zero-order valence-electron chi connectivity index (χ0n) is 11.2. The molecule has 0 aliphatic carbocycles. The Kier molecular flexibility index (Phi) is 5.13. The molecule has 0 atom stereocenters. The summed E-state index contributed by atoms with van der Waals surface area (Å²) in [6, 6.07) is 15.8. The van der Waals surface area contributed by atoms with E-state index in [1.165, 1.54) is 17.1 Å². The first-order valence-electron chi connectivity index (χ1n) is 6.62. The van der Waals surface area contributed by atoms with Gasteiger partial charge in [-0.15, -0.1) is 23.5 Å². The fourth-order valence-electron chi connectivity index (χ4n) is 2.12. The van der Waals surface area contributed by atoms with Crippen LogP contribution in [0.3, 0.4) is 0 Å². The van der Waals surface area contributed by atoms with Crippen molar-refractivity contribution in [3.05, 3.63) is 63.2 Å². The van der Waals surface area contributed by atoms with Crippen molar-refractivity contribution in [1.82, 2.24) is 0 Å². The maximum Gasteiger partial charge on any atom is 0.255 e. The first-order chi connectivity index (χ1) is 10.2. The predicted octanol–water partition coefficient (Wildman–Crippen LogP) is 5.02. The second-order valence-electron chi connectivity index (χ2n) is 4.66. The van der Waals surface area contributed by atoms with Gasteiger partial charge in [0.1, 0.15) is 0 Å². The lowest BCUT2D eigenvalue weighted by atomic mass is 10.2. The number of hydrogen-bond acceptors (Lipinski definition) is 3. The van der Waals surface area contributed by atoms with Crippen molar-refractivity contribution >= 4 is 57.7 Å². The second kappa shape index (κ2) is 7.07. The smallest absolute Gasteiger partial charge is 0.255 e. The molecule has 3 rings (SSSR count). The highest BCUT2D eigenvalue weighted by atomic mass is 127. The van der Waals surface area contributed by atoms with E-state index >= 15 is 0 Å². The number of rotatable bonds is 3. The molecule has 1 aliphatic heterocycles. The van der Waals surface area contributed by atoms with Crippen LogP contribution in [0.2, 0.25) is 0 Å². The molecule has 1 heterocycles. The minimum atomic E-state index is -0.0599. The summed E-state index contributed by atoms with van der Waals surface area (Å²) < 4.78 is 1.63. The summed E-state index contributed by atoms with van der Waals surface area (Å²) in [5.41, 5.74) is 2.83. The number of nitrogens with one attached hydrogen (secondary N) is 1. The molecule has 0 bridgehead atoms. The zero-order chi connectivity index (χ0) is 14.7. The Balaban J connectivity index is 1.73. The molecule has 1 amide bonds. The summed E-state index contributed by atoms with van der Waals surface area (Å²) in [5.74, 6) is 2.35. The van der Waals surface area contributed by atoms with E-state index in [0.717, 1.165) is 9.26 Å². The molecule has 0 aromatic heterocycles. The molecule has 1 fully saturated rings. The summed E-state index contributed by atoms with van der Waals surface area (Å²) in [6.07, 6.45) is 0. The van der Waals surface area contributed by atoms with Gasteiger partial charge in [-0.1, -0.05) is 12.1 Å². The van der Waals surface area contributed by atoms with Crippen molar-refractivity contribution in [2.24, 2.45) is 0 Å². The van der Waals surface area contributed by atoms with E-state index < -0.39 is 0 Å². The normalized spacial score (nSPS) is 15.1. The molecule has 0 unspecified atom stereocenters. The Morgan fingerprint density at radius 2 is 1.81 bits per heavy atom. The van der Waals surface area contributed by atoms with Crippen LogP contribution in [-0.4, -0.2) is 17.4 Å². The Labute approximate surface area is 146 Å². The maximum absolute atomic E-state index is 12.2. The molecule has 0 spiro atoms. The monoisotopic (exact) mass is 427 g/mol. The van der Waals surface area contributed by atoms with Crippen LogP contribution in [0.5, 0.6) is 0 Å². The largest absolute Gasteiger partial charge is 0.322 e. The summed E-state index contributed by atoms with van der Waals surface area (Å²) in [7, 11) is 0. The van der Waals surface area contributed by atoms with Crippen LogP contribution >= 0.6 is 46.1 Å². The van der Waals surface area contributed by atoms with E-state index in [0.29, 0.717) is 10.1 Å². The molecule has 0 saturated carbocycles. The third kappa shape index (κ3) is 3.96. The maximum atomic E-state index is 12.2. The van der Waals surface area contributed by atoms with Gasteiger partial charge in [0, 0.05) is 26.3 Å². The van der Waals surface area contributed by atoms with E-state index in [9.17, 15) is 4.79 Å². The summed E-state index contributed by atoms with van der Waals surface area (Å²) in [5, 5.41) is 2.98. The van der Waals surface area contributed by atoms with E-state index in [2.05, 4.69) is 40.0 Å². The van der Waals surface area contributed by atoms with Gasteiger partial charge in [0.05, 0.1) is 4.58 Å². The topological polar surface area (TPSA) is 29.1 Å². The third-order valence-corrected chi connectivity index (χ3v) is 6.97. The third-order valence-electron chi connectivity index (χ3n) is 3.14. The van der Waals surface area contributed by atoms with Gasteiger partial charge >= 0.3 is 0 Å². The minimum Gasteiger partial charge on any atom is -0.322 e. The number of benzene rings is 2. The Bertz CT molecular complexity index is 639. The van der Waals surface area contributed by atoms with Crippen molar-refractivity contribution < 1.29 is 4.79 Å². The number of carbonyl (C=O) groups is 1. The van der Waals surface area contributed by atoms with Crippen molar-refractivity contribution in [2.45, 2.75) is 4.58 Å². The zero-order valence-corrected chi connectivity index (χ0v) is 15.0. The minimum absolute atomic E-state index is 0.0599. The number of hydrogen-bond donors (Lipinski definition) is 1. The molecule has 0 radical (unpaired) electrons. The van der Waals surface area contributed by atoms with E-state index in [1.807, 2.05) is 59.9 Å². The van der Waals surface area contributed by atoms with Crippen molar-refractivity contribution in [2.75, 3.05) is 16.8 Å². The lowest BCUT2D eigenvalue weighted by Gasteiger charge is -2.11. The van der Waals surface area contributed by atoms with E-state index in [1.54, 1.807) is 0 Å². The van der Waals surface area contributed by atoms with Gasteiger partial charge in [0.25, 0.3) is 5.91 Å². The molecule has 21 heavy (non-hydrogen) atoms. The van der Waals surface area contributed by atoms with E-state index in [-0.39, 0.29) is 5.91 Å². The number of thioether (sulfide) groups is 2. The van der Waals surface area contributed by atoms with Crippen molar-refractivity contribution in [3.8, 4) is 0 Å². The summed E-state index contributed by atoms with van der Waals surface area (Å²) >= 11 is 6.17. The molecule has 5 heteroatoms. The molecule has 1 aliphatic rings. The van der Waals surface area contributed by atoms with Crippen LogP contribution in [0.25, 0.3) is 0 Å². The second-order valence-corrected chi connectivity index (χ2v) is 8.63. The van der Waals surface area contributed by atoms with Crippen LogP contribution in [0.1, 0.15) is 20.5 Å². The lowest BCUT2D eigenvalue weighted by Crippen LogP contribution is -2.11. The van der Waals surface area contributed by atoms with E-state index in [4.69, 9.17) is 0 Å². The van der Waals surface area contributed by atoms with Gasteiger partial charge < -0.3 is 5.32 Å². The molecular formula is C16H14INOS2. The highest BCUT2D eigenvalue weighted by molar-refractivity contribution is 14.1. The van der Waals surface area contributed by atoms with Gasteiger partial charge in [-0.2, -0.15) is 0 Å². The quantitative estimate of drug-likeness (QED) is 0.698. The van der Waals surface area contributed by atoms with Crippen molar-refractivity contribution in [3.63, 3.8) is 0 Å². The standard InChI is InChI=1S/C16H14INOS2/c17-13-6-4-11(5-7-13)15(19)18-14-3-1-2-12(10-14)16-20-8-9-21-16/h1-7,10,16H,8-9H2,(H,18,19). The number of halogens is 1. The Morgan fingerprint density at radius 1 is 1.10 bits per heavy atom. The summed E-state index contributed by atoms with van der Waals surface area (Å²) in [6.45, 7) is 0. The Hall–Kier alpha value is -0.660. The average Bonchev–Trinajstić information content (AvgIpc) is 3.02. The first-order valence-corrected chi connectivity index (χ1v) is 9.80. The lowest BCUT2D eigenvalue weighted by molar-refractivity contribution is 0.102. The fraction of sp³-hybridized carbons (Fsp3) is 0.188. The van der Waals surface area contributed by atoms with Gasteiger partial charge in [0.15, 0.2) is 0 Å². The molecule has 1 saturated heterocycles. The highest BCUT2D eigenvalue weighted by Crippen LogP contribution is 2.45. The van der Waals surface area contributed by atoms with Crippen LogP contribution in [0.4, 0.5) is 5.69 Å².